The van der Waals surface area contributed by atoms with Crippen LogP contribution in [0, 0.1) is 0 Å². The Bertz CT molecular complexity index is 831. The number of piperazine rings is 1. The first-order chi connectivity index (χ1) is 12.6. The van der Waals surface area contributed by atoms with E-state index in [1.165, 1.54) is 10.9 Å². The fourth-order valence-corrected chi connectivity index (χ4v) is 4.20. The van der Waals surface area contributed by atoms with Crippen molar-refractivity contribution in [3.05, 3.63) is 36.0 Å². The van der Waals surface area contributed by atoms with Gasteiger partial charge in [-0.2, -0.15) is 0 Å². The number of H-pyrrole nitrogens is 1. The van der Waals surface area contributed by atoms with Gasteiger partial charge >= 0.3 is 6.09 Å². The highest BCUT2D eigenvalue weighted by molar-refractivity contribution is 5.83. The zero-order chi connectivity index (χ0) is 18.1. The minimum Gasteiger partial charge on any atom is -0.447 e. The molecule has 26 heavy (non-hydrogen) atoms. The van der Waals surface area contributed by atoms with Crippen LogP contribution in [0.2, 0.25) is 0 Å². The summed E-state index contributed by atoms with van der Waals surface area (Å²) in [5.41, 5.74) is 2.07. The van der Waals surface area contributed by atoms with Crippen molar-refractivity contribution in [1.82, 2.24) is 14.8 Å². The van der Waals surface area contributed by atoms with E-state index >= 15 is 0 Å². The van der Waals surface area contributed by atoms with Crippen molar-refractivity contribution in [1.29, 1.82) is 0 Å². The minimum absolute atomic E-state index is 0.177. The lowest BCUT2D eigenvalue weighted by Gasteiger charge is -2.44. The third-order valence-corrected chi connectivity index (χ3v) is 5.86. The molecule has 0 bridgehead atoms. The highest BCUT2D eigenvalue weighted by Gasteiger charge is 2.50. The number of amides is 2. The lowest BCUT2D eigenvalue weighted by Crippen LogP contribution is -2.62. The second kappa shape index (κ2) is 6.67. The van der Waals surface area contributed by atoms with Crippen molar-refractivity contribution in [3.8, 4) is 0 Å². The van der Waals surface area contributed by atoms with E-state index in [4.69, 9.17) is 4.74 Å². The molecule has 2 aliphatic heterocycles. The fourth-order valence-electron chi connectivity index (χ4n) is 4.20. The number of benzene rings is 1. The summed E-state index contributed by atoms with van der Waals surface area (Å²) in [5, 5.41) is 1.24. The van der Waals surface area contributed by atoms with Crippen LogP contribution in [0.15, 0.2) is 30.5 Å². The molecule has 1 unspecified atom stereocenters. The zero-order valence-electron chi connectivity index (χ0n) is 15.2. The Morgan fingerprint density at radius 1 is 1.31 bits per heavy atom. The highest BCUT2D eigenvalue weighted by atomic mass is 16.6. The van der Waals surface area contributed by atoms with Crippen molar-refractivity contribution in [3.63, 3.8) is 0 Å². The van der Waals surface area contributed by atoms with E-state index in [2.05, 4.69) is 24.0 Å². The molecular weight excluding hydrogens is 330 g/mol. The number of aromatic amines is 1. The highest BCUT2D eigenvalue weighted by Crippen LogP contribution is 2.32. The summed E-state index contributed by atoms with van der Waals surface area (Å²) in [6.07, 6.45) is 4.86. The topological polar surface area (TPSA) is 65.6 Å². The summed E-state index contributed by atoms with van der Waals surface area (Å²) < 4.78 is 5.24. The lowest BCUT2D eigenvalue weighted by molar-refractivity contribution is -0.135. The Labute approximate surface area is 153 Å². The summed E-state index contributed by atoms with van der Waals surface area (Å²) in [4.78, 5) is 31.6. The van der Waals surface area contributed by atoms with Crippen molar-refractivity contribution < 1.29 is 14.3 Å². The van der Waals surface area contributed by atoms with E-state index in [0.29, 0.717) is 32.7 Å². The SMILES string of the molecule is CCC12COC(=O)N1CCN(C(=O)CCCc1c[nH]c3ccccc13)C2. The van der Waals surface area contributed by atoms with Crippen molar-refractivity contribution >= 4 is 22.9 Å². The average molecular weight is 355 g/mol. The number of cyclic esters (lactones) is 1. The number of para-hydroxylation sites is 1. The normalized spacial score (nSPS) is 22.6. The Kier molecular flexibility index (Phi) is 4.34. The lowest BCUT2D eigenvalue weighted by atomic mass is 9.92. The van der Waals surface area contributed by atoms with Crippen LogP contribution in [0.3, 0.4) is 0 Å². The van der Waals surface area contributed by atoms with Gasteiger partial charge in [0.15, 0.2) is 0 Å². The molecular formula is C20H25N3O3. The number of aryl methyl sites for hydroxylation is 1. The van der Waals surface area contributed by atoms with Crippen LogP contribution in [-0.4, -0.2) is 58.6 Å². The average Bonchev–Trinajstić information content (AvgIpc) is 3.23. The summed E-state index contributed by atoms with van der Waals surface area (Å²) in [7, 11) is 0. The largest absolute Gasteiger partial charge is 0.447 e. The van der Waals surface area contributed by atoms with Crippen LogP contribution in [0.25, 0.3) is 10.9 Å². The van der Waals surface area contributed by atoms with Crippen LogP contribution < -0.4 is 0 Å². The molecule has 1 aromatic carbocycles. The van der Waals surface area contributed by atoms with Gasteiger partial charge in [-0.3, -0.25) is 9.69 Å². The molecule has 4 rings (SSSR count). The molecule has 0 saturated carbocycles. The predicted octanol–water partition coefficient (Wildman–Crippen LogP) is 2.93. The van der Waals surface area contributed by atoms with E-state index in [-0.39, 0.29) is 17.5 Å². The van der Waals surface area contributed by atoms with Crippen LogP contribution in [0.5, 0.6) is 0 Å². The first-order valence-electron chi connectivity index (χ1n) is 9.40. The van der Waals surface area contributed by atoms with Crippen LogP contribution in [0.1, 0.15) is 31.7 Å². The molecule has 2 aliphatic rings. The smallest absolute Gasteiger partial charge is 0.410 e. The number of ether oxygens (including phenoxy) is 1. The van der Waals surface area contributed by atoms with Gasteiger partial charge in [0, 0.05) is 43.2 Å². The van der Waals surface area contributed by atoms with E-state index in [9.17, 15) is 9.59 Å². The number of hydrogen-bond acceptors (Lipinski definition) is 3. The molecule has 2 amide bonds. The Morgan fingerprint density at radius 3 is 3.00 bits per heavy atom. The van der Waals surface area contributed by atoms with Crippen LogP contribution in [-0.2, 0) is 16.0 Å². The third kappa shape index (κ3) is 2.83. The number of nitrogens with zero attached hydrogens (tertiary/aromatic N) is 2. The second-order valence-electron chi connectivity index (χ2n) is 7.31. The second-order valence-corrected chi connectivity index (χ2v) is 7.31. The zero-order valence-corrected chi connectivity index (χ0v) is 15.2. The van der Waals surface area contributed by atoms with E-state index < -0.39 is 0 Å². The predicted molar refractivity (Wildman–Crippen MR) is 98.9 cm³/mol. The maximum atomic E-state index is 12.7. The molecule has 2 aromatic rings. The summed E-state index contributed by atoms with van der Waals surface area (Å²) in [6, 6.07) is 8.25. The molecule has 0 aliphatic carbocycles. The number of hydrogen-bond donors (Lipinski definition) is 1. The maximum absolute atomic E-state index is 12.7. The molecule has 2 fully saturated rings. The first kappa shape index (κ1) is 16.9. The van der Waals surface area contributed by atoms with Gasteiger partial charge in [-0.25, -0.2) is 4.79 Å². The van der Waals surface area contributed by atoms with Gasteiger partial charge in [-0.15, -0.1) is 0 Å². The van der Waals surface area contributed by atoms with Crippen molar-refractivity contribution in [2.45, 2.75) is 38.1 Å². The number of carbonyl (C=O) groups excluding carboxylic acids is 2. The standard InChI is InChI=1S/C20H25N3O3/c1-2-20-13-22(10-11-23(20)19(25)26-14-20)18(24)9-5-6-15-12-21-17-8-4-3-7-16(15)17/h3-4,7-8,12,21H,2,5-6,9-11,13-14H2,1H3. The molecule has 1 aromatic heterocycles. The summed E-state index contributed by atoms with van der Waals surface area (Å²) >= 11 is 0. The van der Waals surface area contributed by atoms with Crippen LogP contribution >= 0.6 is 0 Å². The van der Waals surface area contributed by atoms with Gasteiger partial charge < -0.3 is 14.6 Å². The van der Waals surface area contributed by atoms with Gasteiger partial charge in [0.2, 0.25) is 5.91 Å². The van der Waals surface area contributed by atoms with Crippen molar-refractivity contribution in [2.24, 2.45) is 0 Å². The van der Waals surface area contributed by atoms with Crippen LogP contribution in [0.4, 0.5) is 4.79 Å². The molecule has 138 valence electrons. The number of carbonyl (C=O) groups is 2. The summed E-state index contributed by atoms with van der Waals surface area (Å²) in [6.45, 7) is 4.20. The van der Waals surface area contributed by atoms with E-state index in [1.807, 2.05) is 28.1 Å². The third-order valence-electron chi connectivity index (χ3n) is 5.86. The number of nitrogens with one attached hydrogen (secondary N) is 1. The fraction of sp³-hybridized carbons (Fsp3) is 0.500. The number of rotatable bonds is 5. The van der Waals surface area contributed by atoms with Crippen molar-refractivity contribution in [2.75, 3.05) is 26.2 Å². The number of fused-ring (bicyclic) bond motifs is 2. The minimum atomic E-state index is -0.332. The van der Waals surface area contributed by atoms with E-state index in [0.717, 1.165) is 24.8 Å². The van der Waals surface area contributed by atoms with Gasteiger partial charge in [0.05, 0.1) is 5.54 Å². The first-order valence-corrected chi connectivity index (χ1v) is 9.40. The van der Waals surface area contributed by atoms with Gasteiger partial charge in [-0.05, 0) is 30.9 Å². The molecule has 6 nitrogen and oxygen atoms in total. The Morgan fingerprint density at radius 2 is 2.15 bits per heavy atom. The van der Waals surface area contributed by atoms with Gasteiger partial charge in [0.1, 0.15) is 6.61 Å². The molecule has 2 saturated heterocycles. The van der Waals surface area contributed by atoms with Gasteiger partial charge in [0.25, 0.3) is 0 Å². The molecule has 1 atom stereocenters. The molecule has 6 heteroatoms. The molecule has 0 radical (unpaired) electrons. The number of aromatic nitrogens is 1. The Hall–Kier alpha value is -2.50. The Balaban J connectivity index is 1.35. The monoisotopic (exact) mass is 355 g/mol. The molecule has 3 heterocycles. The summed E-state index contributed by atoms with van der Waals surface area (Å²) in [5.74, 6) is 0.177. The maximum Gasteiger partial charge on any atom is 0.410 e. The molecule has 0 spiro atoms. The van der Waals surface area contributed by atoms with Gasteiger partial charge in [-0.1, -0.05) is 25.1 Å². The van der Waals surface area contributed by atoms with E-state index in [1.54, 1.807) is 0 Å². The molecule has 1 N–H and O–H groups in total. The quantitative estimate of drug-likeness (QED) is 0.897.